The van der Waals surface area contributed by atoms with Crippen LogP contribution in [-0.4, -0.2) is 29.0 Å². The van der Waals surface area contributed by atoms with Gasteiger partial charge in [-0.05, 0) is 99.4 Å². The number of ether oxygens (including phenoxy) is 2. The lowest BCUT2D eigenvalue weighted by Crippen LogP contribution is -2.20. The first-order valence-electron chi connectivity index (χ1n) is 19.6. The monoisotopic (exact) mass is 732 g/mol. The summed E-state index contributed by atoms with van der Waals surface area (Å²) in [4.78, 5) is 34.0. The molecule has 8 atom stereocenters. The third-order valence-electron chi connectivity index (χ3n) is 14.8. The molecule has 0 spiro atoms. The highest BCUT2D eigenvalue weighted by atomic mass is 31.2. The number of phosphoric acid groups is 1. The molecule has 2 N–H and O–H groups in total. The van der Waals surface area contributed by atoms with Gasteiger partial charge in [0.05, 0.1) is 6.61 Å². The van der Waals surface area contributed by atoms with E-state index in [1.165, 1.54) is 66.8 Å². The van der Waals surface area contributed by atoms with Crippen LogP contribution in [0.3, 0.4) is 0 Å². The van der Waals surface area contributed by atoms with Crippen LogP contribution in [-0.2, 0) is 14.1 Å². The Kier molecular flexibility index (Phi) is 5.75. The van der Waals surface area contributed by atoms with Gasteiger partial charge in [-0.1, -0.05) is 72.8 Å². The average Bonchev–Trinajstić information content (AvgIpc) is 4.04. The van der Waals surface area contributed by atoms with Gasteiger partial charge < -0.3 is 14.0 Å². The summed E-state index contributed by atoms with van der Waals surface area (Å²) >= 11 is 0. The van der Waals surface area contributed by atoms with Crippen LogP contribution in [0.25, 0.3) is 0 Å². The molecule has 0 saturated heterocycles. The minimum Gasteiger partial charge on any atom is -0.481 e. The zero-order chi connectivity index (χ0) is 35.9. The molecule has 0 aromatic heterocycles. The van der Waals surface area contributed by atoms with Gasteiger partial charge in [0.2, 0.25) is 0 Å². The Morgan fingerprint density at radius 1 is 0.556 bits per heavy atom. The van der Waals surface area contributed by atoms with Gasteiger partial charge in [-0.25, -0.2) is 9.36 Å². The molecule has 8 aliphatic rings. The number of esters is 1. The van der Waals surface area contributed by atoms with Gasteiger partial charge in [-0.15, -0.1) is 0 Å². The van der Waals surface area contributed by atoms with Crippen molar-refractivity contribution in [2.24, 2.45) is 0 Å². The zero-order valence-corrected chi connectivity index (χ0v) is 30.6. The van der Waals surface area contributed by atoms with Crippen LogP contribution in [0.4, 0.5) is 0 Å². The lowest BCUT2D eigenvalue weighted by molar-refractivity contribution is -0.145. The van der Waals surface area contributed by atoms with Gasteiger partial charge in [0.25, 0.3) is 0 Å². The van der Waals surface area contributed by atoms with Gasteiger partial charge in [0.15, 0.2) is 6.61 Å². The first-order chi connectivity index (χ1) is 26.3. The molecule has 0 saturated carbocycles. The fourth-order valence-electron chi connectivity index (χ4n) is 13.1. The van der Waals surface area contributed by atoms with Crippen LogP contribution in [0, 0.1) is 0 Å². The Labute approximate surface area is 312 Å². The molecule has 8 unspecified atom stereocenters. The summed E-state index contributed by atoms with van der Waals surface area (Å²) in [7, 11) is -4.95. The Balaban J connectivity index is 1.01. The van der Waals surface area contributed by atoms with Crippen molar-refractivity contribution >= 4 is 13.8 Å². The summed E-state index contributed by atoms with van der Waals surface area (Å²) in [6, 6.07) is 27.3. The number of hydrogen-bond donors (Lipinski definition) is 2. The van der Waals surface area contributed by atoms with Gasteiger partial charge in [-0.3, -0.25) is 9.79 Å². The molecule has 13 rings (SSSR count). The molecule has 0 amide bonds. The molecule has 5 aromatic rings. The van der Waals surface area contributed by atoms with Crippen LogP contribution < -0.4 is 9.26 Å². The first kappa shape index (κ1) is 30.6. The van der Waals surface area contributed by atoms with E-state index in [1.807, 2.05) is 0 Å². The normalized spacial score (nSPS) is 27.9. The molecule has 0 heterocycles. The van der Waals surface area contributed by atoms with Crippen molar-refractivity contribution < 1.29 is 33.1 Å². The first-order valence-corrected chi connectivity index (χ1v) is 21.1. The molecule has 8 heteroatoms. The van der Waals surface area contributed by atoms with Gasteiger partial charge >= 0.3 is 13.8 Å². The van der Waals surface area contributed by atoms with Gasteiger partial charge in [0, 0.05) is 69.6 Å². The summed E-state index contributed by atoms with van der Waals surface area (Å²) in [6.45, 7) is 1.83. The highest BCUT2D eigenvalue weighted by Gasteiger charge is 2.56. The largest absolute Gasteiger partial charge is 0.524 e. The molecule has 268 valence electrons. The summed E-state index contributed by atoms with van der Waals surface area (Å²) < 4.78 is 30.9. The van der Waals surface area contributed by atoms with E-state index < -0.39 is 13.8 Å². The Hall–Kier alpha value is -4.68. The fourth-order valence-corrected chi connectivity index (χ4v) is 13.6. The topological polar surface area (TPSA) is 102 Å². The second kappa shape index (κ2) is 10.1. The van der Waals surface area contributed by atoms with Crippen molar-refractivity contribution in [2.75, 3.05) is 13.2 Å². The molecular formula is C46H37O7P. The molecule has 0 fully saturated rings. The molecule has 8 aliphatic carbocycles. The number of hydrogen-bond acceptors (Lipinski definition) is 5. The fraction of sp³-hybridized carbons (Fsp3) is 0.326. The van der Waals surface area contributed by atoms with E-state index in [4.69, 9.17) is 14.0 Å². The van der Waals surface area contributed by atoms with Crippen molar-refractivity contribution in [1.82, 2.24) is 0 Å². The van der Waals surface area contributed by atoms with Crippen LogP contribution in [0.15, 0.2) is 72.8 Å². The van der Waals surface area contributed by atoms with E-state index >= 15 is 0 Å². The molecule has 54 heavy (non-hydrogen) atoms. The minimum atomic E-state index is -4.95. The average molecular weight is 733 g/mol. The quantitative estimate of drug-likeness (QED) is 0.133. The summed E-state index contributed by atoms with van der Waals surface area (Å²) in [5.74, 6) is 1.86. The Morgan fingerprint density at radius 3 is 1.24 bits per heavy atom. The Morgan fingerprint density at radius 2 is 0.889 bits per heavy atom. The van der Waals surface area contributed by atoms with E-state index in [2.05, 4.69) is 72.8 Å². The smallest absolute Gasteiger partial charge is 0.481 e. The minimum absolute atomic E-state index is 0.0351. The second-order valence-corrected chi connectivity index (χ2v) is 18.0. The predicted octanol–water partition coefficient (Wildman–Crippen LogP) is 9.02. The summed E-state index contributed by atoms with van der Waals surface area (Å²) in [5.41, 5.74) is 19.9. The standard InChI is InChI=1S/C46H37O7P/c1-2-51-40(47)19-52-45-41-36-17-38(34-15-30-26-11-24(28(30)13-32(34)36)20-7-3-5-9-22(20)26)43(41)46(53-54(48,49)50)44-39-18-37(42(44)45)33-14-29-25-12-27(31(29)16-35(33)39)23-10-6-4-8-21(23)25/h3-10,13-16,24-27,36-39H,2,11-12,17-19H2,1H3,(H2,48,49,50). The van der Waals surface area contributed by atoms with Crippen molar-refractivity contribution in [3.05, 3.63) is 162 Å². The number of fused-ring (bicyclic) bond motifs is 32. The molecular weight excluding hydrogens is 695 g/mol. The maximum absolute atomic E-state index is 13.0. The predicted molar refractivity (Wildman–Crippen MR) is 200 cm³/mol. The van der Waals surface area contributed by atoms with E-state index in [0.29, 0.717) is 35.2 Å². The number of benzene rings is 5. The van der Waals surface area contributed by atoms with Gasteiger partial charge in [0.1, 0.15) is 11.5 Å². The number of carbonyl (C=O) groups is 1. The molecule has 0 aliphatic heterocycles. The third kappa shape index (κ3) is 3.67. The van der Waals surface area contributed by atoms with E-state index in [-0.39, 0.29) is 36.9 Å². The lowest BCUT2D eigenvalue weighted by Gasteiger charge is -2.33. The van der Waals surface area contributed by atoms with Crippen molar-refractivity contribution in [2.45, 2.75) is 80.0 Å². The zero-order valence-electron chi connectivity index (χ0n) is 29.7. The molecule has 7 nitrogen and oxygen atoms in total. The van der Waals surface area contributed by atoms with Crippen molar-refractivity contribution in [1.29, 1.82) is 0 Å². The van der Waals surface area contributed by atoms with Crippen LogP contribution >= 0.6 is 7.82 Å². The molecule has 5 aromatic carbocycles. The van der Waals surface area contributed by atoms with E-state index in [0.717, 1.165) is 47.9 Å². The summed E-state index contributed by atoms with van der Waals surface area (Å²) in [5, 5.41) is 0. The second-order valence-electron chi connectivity index (χ2n) is 16.8. The van der Waals surface area contributed by atoms with Crippen molar-refractivity contribution in [3.63, 3.8) is 0 Å². The summed E-state index contributed by atoms with van der Waals surface area (Å²) in [6.07, 6.45) is 3.74. The highest BCUT2D eigenvalue weighted by molar-refractivity contribution is 7.46. The highest BCUT2D eigenvalue weighted by Crippen LogP contribution is 2.72. The Bertz CT molecular complexity index is 2500. The third-order valence-corrected chi connectivity index (χ3v) is 15.2. The van der Waals surface area contributed by atoms with Crippen LogP contribution in [0.5, 0.6) is 11.5 Å². The van der Waals surface area contributed by atoms with E-state index in [9.17, 15) is 19.1 Å². The SMILES string of the molecule is CCOC(=O)COc1c2c(c(OP(=O)(O)O)c3c1C1CC3c3cc4c(cc31)C1CC4c3ccccc31)C1CC2c2cc3c(cc21)C1CC3c2ccccc21. The number of carbonyl (C=O) groups excluding carboxylic acids is 1. The van der Waals surface area contributed by atoms with E-state index in [1.54, 1.807) is 6.92 Å². The van der Waals surface area contributed by atoms with Gasteiger partial charge in [-0.2, -0.15) is 0 Å². The number of rotatable bonds is 6. The maximum atomic E-state index is 13.0. The lowest BCUT2D eigenvalue weighted by atomic mass is 9.74. The molecule has 8 bridgehead atoms. The molecule has 0 radical (unpaired) electrons. The number of phosphoric ester groups is 1. The van der Waals surface area contributed by atoms with Crippen LogP contribution in [0.1, 0.15) is 169 Å². The van der Waals surface area contributed by atoms with Crippen molar-refractivity contribution in [3.8, 4) is 11.5 Å². The van der Waals surface area contributed by atoms with Crippen LogP contribution in [0.2, 0.25) is 0 Å². The maximum Gasteiger partial charge on any atom is 0.524 e.